The van der Waals surface area contributed by atoms with E-state index in [-0.39, 0.29) is 26.1 Å². The van der Waals surface area contributed by atoms with Crippen molar-refractivity contribution in [2.24, 2.45) is 0 Å². The van der Waals surface area contributed by atoms with Crippen LogP contribution in [0.15, 0.2) is 0 Å². The zero-order valence-electron chi connectivity index (χ0n) is 20.2. The van der Waals surface area contributed by atoms with Crippen molar-refractivity contribution in [3.63, 3.8) is 0 Å². The van der Waals surface area contributed by atoms with Crippen LogP contribution in [0.2, 0.25) is 0 Å². The molecule has 0 bridgehead atoms. The van der Waals surface area contributed by atoms with Gasteiger partial charge < -0.3 is 44.7 Å². The van der Waals surface area contributed by atoms with E-state index in [1.807, 2.05) is 14.1 Å². The summed E-state index contributed by atoms with van der Waals surface area (Å²) in [7, 11) is 3.91. The third-order valence-electron chi connectivity index (χ3n) is 4.30. The van der Waals surface area contributed by atoms with Crippen molar-refractivity contribution in [1.82, 2.24) is 15.5 Å². The number of hydrogen-bond donors (Lipinski definition) is 4. The quantitative estimate of drug-likeness (QED) is 0.0962. The average Bonchev–Trinajstić information content (AvgIpc) is 2.80. The molecule has 0 aliphatic heterocycles. The van der Waals surface area contributed by atoms with E-state index >= 15 is 0 Å². The minimum absolute atomic E-state index is 0.295. The normalized spacial score (nSPS) is 12.5. The van der Waals surface area contributed by atoms with Gasteiger partial charge in [-0.25, -0.2) is 4.79 Å². The fourth-order valence-corrected chi connectivity index (χ4v) is 2.53. The van der Waals surface area contributed by atoms with E-state index in [1.54, 1.807) is 0 Å². The molecule has 0 heterocycles. The van der Waals surface area contributed by atoms with E-state index in [2.05, 4.69) is 15.5 Å². The molecule has 0 spiro atoms. The third-order valence-corrected chi connectivity index (χ3v) is 4.30. The standard InChI is InChI=1S/C21H39N3O10/c1-16(26)34-18(12-25)15-32-20(29)7-6-19(28)31-13-17(27)14-33-21(30)23-9-5-11-24(3)10-4-8-22-2/h17-18,22,25,27H,4-15H2,1-3H3,(H,23,30). The summed E-state index contributed by atoms with van der Waals surface area (Å²) in [5.41, 5.74) is 0. The maximum absolute atomic E-state index is 11.7. The lowest BCUT2D eigenvalue weighted by molar-refractivity contribution is -0.160. The van der Waals surface area contributed by atoms with E-state index in [0.717, 1.165) is 39.4 Å². The number of esters is 3. The van der Waals surface area contributed by atoms with E-state index in [1.165, 1.54) is 0 Å². The van der Waals surface area contributed by atoms with Crippen LogP contribution in [0.4, 0.5) is 4.79 Å². The van der Waals surface area contributed by atoms with E-state index in [4.69, 9.17) is 24.1 Å². The van der Waals surface area contributed by atoms with Crippen molar-refractivity contribution >= 4 is 24.0 Å². The number of carbonyl (C=O) groups excluding carboxylic acids is 4. The van der Waals surface area contributed by atoms with E-state index in [9.17, 15) is 24.3 Å². The highest BCUT2D eigenvalue weighted by atomic mass is 16.6. The Hall–Kier alpha value is -2.48. The maximum atomic E-state index is 11.7. The van der Waals surface area contributed by atoms with Crippen LogP contribution in [0.3, 0.4) is 0 Å². The van der Waals surface area contributed by atoms with Crippen LogP contribution in [-0.2, 0) is 33.3 Å². The highest BCUT2D eigenvalue weighted by Gasteiger charge is 2.16. The van der Waals surface area contributed by atoms with E-state index in [0.29, 0.717) is 6.54 Å². The summed E-state index contributed by atoms with van der Waals surface area (Å²) in [6.07, 6.45) is -1.68. The average molecular weight is 494 g/mol. The lowest BCUT2D eigenvalue weighted by Crippen LogP contribution is -2.32. The molecule has 0 aromatic heterocycles. The van der Waals surface area contributed by atoms with Gasteiger partial charge in [-0.2, -0.15) is 0 Å². The molecular weight excluding hydrogens is 454 g/mol. The number of aliphatic hydroxyl groups excluding tert-OH is 2. The first kappa shape index (κ1) is 31.5. The predicted octanol–water partition coefficient (Wildman–Crippen LogP) is -1.20. The first-order chi connectivity index (χ1) is 16.2. The van der Waals surface area contributed by atoms with Gasteiger partial charge in [0.2, 0.25) is 0 Å². The summed E-state index contributed by atoms with van der Waals surface area (Å²) in [5, 5.41) is 24.4. The first-order valence-electron chi connectivity index (χ1n) is 11.2. The van der Waals surface area contributed by atoms with Gasteiger partial charge in [0.05, 0.1) is 19.4 Å². The minimum atomic E-state index is -1.21. The van der Waals surface area contributed by atoms with Crippen molar-refractivity contribution in [3.05, 3.63) is 0 Å². The topological polar surface area (TPSA) is 173 Å². The zero-order chi connectivity index (χ0) is 25.8. The summed E-state index contributed by atoms with van der Waals surface area (Å²) in [5.74, 6) is -2.12. The van der Waals surface area contributed by atoms with Gasteiger partial charge in [-0.1, -0.05) is 0 Å². The Morgan fingerprint density at radius 1 is 0.912 bits per heavy atom. The fraction of sp³-hybridized carbons (Fsp3) is 0.810. The largest absolute Gasteiger partial charge is 0.463 e. The summed E-state index contributed by atoms with van der Waals surface area (Å²) in [6, 6.07) is 0. The van der Waals surface area contributed by atoms with Crippen molar-refractivity contribution in [2.75, 3.05) is 66.7 Å². The predicted molar refractivity (Wildman–Crippen MR) is 120 cm³/mol. The van der Waals surface area contributed by atoms with Crippen LogP contribution >= 0.6 is 0 Å². The Morgan fingerprint density at radius 2 is 1.47 bits per heavy atom. The molecule has 1 amide bonds. The molecule has 0 aliphatic carbocycles. The molecular formula is C21H39N3O10. The molecule has 13 nitrogen and oxygen atoms in total. The second-order valence-corrected chi connectivity index (χ2v) is 7.57. The van der Waals surface area contributed by atoms with Gasteiger partial charge >= 0.3 is 24.0 Å². The number of alkyl carbamates (subject to hydrolysis) is 1. The van der Waals surface area contributed by atoms with Crippen LogP contribution in [0.1, 0.15) is 32.6 Å². The lowest BCUT2D eigenvalue weighted by Gasteiger charge is -2.16. The fourth-order valence-electron chi connectivity index (χ4n) is 2.53. The molecule has 0 saturated carbocycles. The second kappa shape index (κ2) is 19.9. The molecule has 0 aromatic rings. The number of ether oxygens (including phenoxy) is 4. The summed E-state index contributed by atoms with van der Waals surface area (Å²) < 4.78 is 19.2. The number of aliphatic hydroxyl groups is 2. The Kier molecular flexibility index (Phi) is 18.5. The van der Waals surface area contributed by atoms with Crippen molar-refractivity contribution in [3.8, 4) is 0 Å². The van der Waals surface area contributed by atoms with Crippen molar-refractivity contribution < 1.29 is 48.3 Å². The van der Waals surface area contributed by atoms with Gasteiger partial charge in [0, 0.05) is 13.5 Å². The SMILES string of the molecule is CNCCCN(C)CCCNC(=O)OCC(O)COC(=O)CCC(=O)OCC(CO)OC(C)=O. The van der Waals surface area contributed by atoms with Crippen LogP contribution in [-0.4, -0.2) is 118 Å². The van der Waals surface area contributed by atoms with Crippen LogP contribution in [0.25, 0.3) is 0 Å². The van der Waals surface area contributed by atoms with Crippen LogP contribution < -0.4 is 10.6 Å². The van der Waals surface area contributed by atoms with Gasteiger partial charge in [0.15, 0.2) is 6.10 Å². The summed E-state index contributed by atoms with van der Waals surface area (Å²) in [4.78, 5) is 47.9. The van der Waals surface area contributed by atoms with Gasteiger partial charge in [-0.05, 0) is 46.6 Å². The molecule has 0 aromatic carbocycles. The molecule has 0 fully saturated rings. The highest BCUT2D eigenvalue weighted by molar-refractivity contribution is 5.77. The van der Waals surface area contributed by atoms with Crippen molar-refractivity contribution in [2.45, 2.75) is 44.8 Å². The van der Waals surface area contributed by atoms with Crippen molar-refractivity contribution in [1.29, 1.82) is 0 Å². The number of nitrogens with one attached hydrogen (secondary N) is 2. The number of carbonyl (C=O) groups is 4. The number of rotatable bonds is 19. The summed E-state index contributed by atoms with van der Waals surface area (Å²) in [6.45, 7) is 2.70. The molecule has 0 saturated heterocycles. The molecule has 34 heavy (non-hydrogen) atoms. The minimum Gasteiger partial charge on any atom is -0.463 e. The Morgan fingerprint density at radius 3 is 2.03 bits per heavy atom. The summed E-state index contributed by atoms with van der Waals surface area (Å²) >= 11 is 0. The van der Waals surface area contributed by atoms with Gasteiger partial charge in [-0.15, -0.1) is 0 Å². The Labute approximate surface area is 200 Å². The molecule has 13 heteroatoms. The first-order valence-corrected chi connectivity index (χ1v) is 11.2. The Balaban J connectivity index is 3.82. The van der Waals surface area contributed by atoms with Gasteiger partial charge in [0.25, 0.3) is 0 Å². The molecule has 0 radical (unpaired) electrons. The smallest absolute Gasteiger partial charge is 0.407 e. The van der Waals surface area contributed by atoms with Gasteiger partial charge in [0.1, 0.15) is 25.9 Å². The number of amides is 1. The second-order valence-electron chi connectivity index (χ2n) is 7.57. The molecule has 2 atom stereocenters. The number of hydrogen-bond acceptors (Lipinski definition) is 12. The molecule has 198 valence electrons. The van der Waals surface area contributed by atoms with Crippen LogP contribution in [0, 0.1) is 0 Å². The van der Waals surface area contributed by atoms with E-state index < -0.39 is 49.4 Å². The zero-order valence-corrected chi connectivity index (χ0v) is 20.2. The number of nitrogens with zero attached hydrogens (tertiary/aromatic N) is 1. The highest BCUT2D eigenvalue weighted by Crippen LogP contribution is 2.00. The van der Waals surface area contributed by atoms with Gasteiger partial charge in [-0.3, -0.25) is 14.4 Å². The molecule has 0 rings (SSSR count). The molecule has 2 unspecified atom stereocenters. The molecule has 4 N–H and O–H groups in total. The third kappa shape index (κ3) is 19.0. The maximum Gasteiger partial charge on any atom is 0.407 e. The Bertz CT molecular complexity index is 605. The van der Waals surface area contributed by atoms with Crippen LogP contribution in [0.5, 0.6) is 0 Å². The lowest BCUT2D eigenvalue weighted by atomic mass is 10.3. The monoisotopic (exact) mass is 493 g/mol. The molecule has 0 aliphatic rings.